The van der Waals surface area contributed by atoms with Gasteiger partial charge in [-0.3, -0.25) is 19.4 Å². The van der Waals surface area contributed by atoms with Crippen LogP contribution >= 0.6 is 0 Å². The lowest BCUT2D eigenvalue weighted by molar-refractivity contribution is -0.276. The average molecular weight is 725 g/mol. The van der Waals surface area contributed by atoms with Crippen molar-refractivity contribution in [3.8, 4) is 22.6 Å². The minimum Gasteiger partial charge on any atom is -0.493 e. The van der Waals surface area contributed by atoms with Crippen LogP contribution in [0.15, 0.2) is 109 Å². The molecule has 0 bridgehead atoms. The molecule has 9 nitrogen and oxygen atoms in total. The number of hydrogen-bond donors (Lipinski definition) is 1. The standard InChI is InChI=1S/C45H44N2O7/c1-28-41(26-46-20-19-35-22-39(51-2)40(52-3)23-36(35)25-46)53-45(54-42(28)32-13-11-29(27-48)12-14-32)33-17-15-31(16-18-33)34-8-6-7-30(21-34)24-47-43(49)37-9-4-5-10-38(37)44(47)50/h4-18,21-23,28,41-42,45,48H,19-20,24-27H2,1-3H3/t28-,41+,42+,45+/m0/s1. The van der Waals surface area contributed by atoms with Crippen LogP contribution in [0.2, 0.25) is 0 Å². The normalized spacial score (nSPS) is 21.1. The van der Waals surface area contributed by atoms with Crippen LogP contribution < -0.4 is 9.47 Å². The molecule has 54 heavy (non-hydrogen) atoms. The molecule has 3 aliphatic heterocycles. The van der Waals surface area contributed by atoms with Crippen molar-refractivity contribution >= 4 is 11.8 Å². The Morgan fingerprint density at radius 3 is 2.06 bits per heavy atom. The van der Waals surface area contributed by atoms with E-state index in [1.165, 1.54) is 16.0 Å². The van der Waals surface area contributed by atoms with Gasteiger partial charge < -0.3 is 24.1 Å². The van der Waals surface area contributed by atoms with Gasteiger partial charge in [0.2, 0.25) is 0 Å². The van der Waals surface area contributed by atoms with Crippen LogP contribution in [0.4, 0.5) is 0 Å². The predicted octanol–water partition coefficient (Wildman–Crippen LogP) is 7.51. The number of nitrogens with zero attached hydrogens (tertiary/aromatic N) is 2. The molecular formula is C45H44N2O7. The van der Waals surface area contributed by atoms with Gasteiger partial charge >= 0.3 is 0 Å². The van der Waals surface area contributed by atoms with Gasteiger partial charge in [0.25, 0.3) is 11.8 Å². The molecule has 3 aliphatic rings. The van der Waals surface area contributed by atoms with Gasteiger partial charge in [-0.05, 0) is 75.7 Å². The van der Waals surface area contributed by atoms with Gasteiger partial charge in [-0.1, -0.05) is 85.8 Å². The fourth-order valence-electron chi connectivity index (χ4n) is 7.93. The summed E-state index contributed by atoms with van der Waals surface area (Å²) in [4.78, 5) is 29.8. The molecule has 4 atom stereocenters. The summed E-state index contributed by atoms with van der Waals surface area (Å²) in [6.45, 7) is 4.79. The topological polar surface area (TPSA) is 97.8 Å². The molecule has 8 rings (SSSR count). The SMILES string of the molecule is COc1cc2c(cc1OC)CN(C[C@H]1O[C@@H](c3ccc(-c4cccc(CN5C(=O)c6ccccc6C5=O)c4)cc3)O[C@@H](c3ccc(CO)cc3)[C@H]1C)CC2. The highest BCUT2D eigenvalue weighted by Gasteiger charge is 2.40. The first-order chi connectivity index (χ1) is 26.3. The first-order valence-electron chi connectivity index (χ1n) is 18.4. The molecule has 1 saturated heterocycles. The van der Waals surface area contributed by atoms with Crippen molar-refractivity contribution in [2.75, 3.05) is 27.3 Å². The maximum atomic E-state index is 13.0. The smallest absolute Gasteiger partial charge is 0.261 e. The third-order valence-electron chi connectivity index (χ3n) is 11.0. The molecule has 9 heteroatoms. The quantitative estimate of drug-likeness (QED) is 0.148. The summed E-state index contributed by atoms with van der Waals surface area (Å²) in [7, 11) is 3.34. The van der Waals surface area contributed by atoms with Crippen LogP contribution in [0.25, 0.3) is 11.1 Å². The van der Waals surface area contributed by atoms with Gasteiger partial charge in [0.15, 0.2) is 17.8 Å². The van der Waals surface area contributed by atoms with E-state index >= 15 is 0 Å². The Morgan fingerprint density at radius 2 is 1.39 bits per heavy atom. The monoisotopic (exact) mass is 724 g/mol. The number of rotatable bonds is 10. The lowest BCUT2D eigenvalue weighted by Gasteiger charge is -2.43. The zero-order valence-corrected chi connectivity index (χ0v) is 30.7. The number of hydrogen-bond acceptors (Lipinski definition) is 8. The van der Waals surface area contributed by atoms with E-state index in [1.54, 1.807) is 38.5 Å². The Bertz CT molecular complexity index is 2130. The van der Waals surface area contributed by atoms with Crippen LogP contribution in [0.5, 0.6) is 11.5 Å². The second-order valence-corrected chi connectivity index (χ2v) is 14.3. The number of methoxy groups -OCH3 is 2. The van der Waals surface area contributed by atoms with Crippen molar-refractivity contribution in [3.63, 3.8) is 0 Å². The maximum absolute atomic E-state index is 13.0. The fraction of sp³-hybridized carbons (Fsp3) is 0.289. The van der Waals surface area contributed by atoms with E-state index in [4.69, 9.17) is 18.9 Å². The number of benzene rings is 5. The van der Waals surface area contributed by atoms with Gasteiger partial charge in [-0.15, -0.1) is 0 Å². The molecule has 276 valence electrons. The Labute approximate surface area is 315 Å². The van der Waals surface area contributed by atoms with Gasteiger partial charge in [0, 0.05) is 31.1 Å². The predicted molar refractivity (Wildman–Crippen MR) is 204 cm³/mol. The highest BCUT2D eigenvalue weighted by molar-refractivity contribution is 6.21. The second kappa shape index (κ2) is 15.2. The van der Waals surface area contributed by atoms with E-state index in [-0.39, 0.29) is 43.1 Å². The number of fused-ring (bicyclic) bond motifs is 2. The van der Waals surface area contributed by atoms with Crippen molar-refractivity contribution in [1.29, 1.82) is 0 Å². The van der Waals surface area contributed by atoms with E-state index in [9.17, 15) is 14.7 Å². The number of carbonyl (C=O) groups excluding carboxylic acids is 2. The summed E-state index contributed by atoms with van der Waals surface area (Å²) in [5, 5.41) is 9.68. The van der Waals surface area contributed by atoms with Crippen LogP contribution in [-0.2, 0) is 35.6 Å². The summed E-state index contributed by atoms with van der Waals surface area (Å²) < 4.78 is 24.7. The van der Waals surface area contributed by atoms with Crippen molar-refractivity contribution in [1.82, 2.24) is 9.80 Å². The summed E-state index contributed by atoms with van der Waals surface area (Å²) in [5.74, 6) is 1.01. The van der Waals surface area contributed by atoms with Crippen LogP contribution in [0, 0.1) is 5.92 Å². The van der Waals surface area contributed by atoms with Crippen molar-refractivity contribution in [2.45, 2.75) is 51.5 Å². The first-order valence-corrected chi connectivity index (χ1v) is 18.4. The van der Waals surface area contributed by atoms with Gasteiger partial charge in [0.05, 0.1) is 50.7 Å². The highest BCUT2D eigenvalue weighted by Crippen LogP contribution is 2.43. The lowest BCUT2D eigenvalue weighted by Crippen LogP contribution is -2.45. The number of imide groups is 1. The molecule has 2 amide bonds. The van der Waals surface area contributed by atoms with Crippen molar-refractivity contribution in [2.24, 2.45) is 5.92 Å². The Kier molecular flexibility index (Phi) is 10.0. The third kappa shape index (κ3) is 6.92. The fourth-order valence-corrected chi connectivity index (χ4v) is 7.93. The Morgan fingerprint density at radius 1 is 0.722 bits per heavy atom. The third-order valence-corrected chi connectivity index (χ3v) is 11.0. The van der Waals surface area contributed by atoms with Gasteiger partial charge in [-0.2, -0.15) is 0 Å². The highest BCUT2D eigenvalue weighted by atomic mass is 16.7. The average Bonchev–Trinajstić information content (AvgIpc) is 3.45. The minimum absolute atomic E-state index is 0.0131. The lowest BCUT2D eigenvalue weighted by atomic mass is 9.89. The molecule has 1 N–H and O–H groups in total. The Balaban J connectivity index is 1.01. The number of aliphatic hydroxyl groups is 1. The first kappa shape index (κ1) is 35.7. The zero-order valence-electron chi connectivity index (χ0n) is 30.7. The minimum atomic E-state index is -0.593. The maximum Gasteiger partial charge on any atom is 0.261 e. The van der Waals surface area contributed by atoms with E-state index in [1.807, 2.05) is 60.7 Å². The molecule has 5 aromatic rings. The molecule has 1 fully saturated rings. The number of aliphatic hydroxyl groups excluding tert-OH is 1. The number of carbonyl (C=O) groups is 2. The summed E-state index contributed by atoms with van der Waals surface area (Å²) in [6, 6.07) is 35.3. The van der Waals surface area contributed by atoms with E-state index in [0.29, 0.717) is 11.1 Å². The molecule has 0 aromatic heterocycles. The van der Waals surface area contributed by atoms with E-state index in [0.717, 1.165) is 70.9 Å². The number of amides is 2. The van der Waals surface area contributed by atoms with Gasteiger partial charge in [0.1, 0.15) is 0 Å². The molecular weight excluding hydrogens is 681 g/mol. The molecule has 0 aliphatic carbocycles. The molecule has 0 unspecified atom stereocenters. The molecule has 0 saturated carbocycles. The largest absolute Gasteiger partial charge is 0.493 e. The van der Waals surface area contributed by atoms with E-state index in [2.05, 4.69) is 36.1 Å². The van der Waals surface area contributed by atoms with Crippen LogP contribution in [0.1, 0.15) is 73.4 Å². The second-order valence-electron chi connectivity index (χ2n) is 14.3. The van der Waals surface area contributed by atoms with Gasteiger partial charge in [-0.25, -0.2) is 0 Å². The van der Waals surface area contributed by atoms with Crippen molar-refractivity contribution in [3.05, 3.63) is 154 Å². The summed E-state index contributed by atoms with van der Waals surface area (Å²) in [5.41, 5.74) is 9.07. The van der Waals surface area contributed by atoms with Crippen LogP contribution in [-0.4, -0.2) is 60.1 Å². The number of ether oxygens (including phenoxy) is 4. The van der Waals surface area contributed by atoms with Crippen LogP contribution in [0.3, 0.4) is 0 Å². The summed E-state index contributed by atoms with van der Waals surface area (Å²) in [6.07, 6.45) is -0.0266. The molecule has 5 aromatic carbocycles. The van der Waals surface area contributed by atoms with Crippen molar-refractivity contribution < 1.29 is 33.6 Å². The Hall–Kier alpha value is -5.32. The molecule has 3 heterocycles. The molecule has 0 spiro atoms. The summed E-state index contributed by atoms with van der Waals surface area (Å²) >= 11 is 0. The zero-order chi connectivity index (χ0) is 37.3. The van der Waals surface area contributed by atoms with E-state index < -0.39 is 6.29 Å². The molecule has 0 radical (unpaired) electrons.